The molecule has 84 valence electrons. The first-order valence-corrected chi connectivity index (χ1v) is 5.34. The van der Waals surface area contributed by atoms with Gasteiger partial charge in [0.25, 0.3) is 0 Å². The van der Waals surface area contributed by atoms with Gasteiger partial charge in [-0.25, -0.2) is 0 Å². The molecule has 1 aromatic heterocycles. The van der Waals surface area contributed by atoms with Crippen LogP contribution in [0.3, 0.4) is 0 Å². The van der Waals surface area contributed by atoms with Crippen molar-refractivity contribution in [1.29, 1.82) is 0 Å². The van der Waals surface area contributed by atoms with Gasteiger partial charge in [0, 0.05) is 31.4 Å². The molecule has 0 amide bonds. The van der Waals surface area contributed by atoms with Crippen molar-refractivity contribution in [3.63, 3.8) is 0 Å². The molecule has 0 aromatic carbocycles. The molecule has 1 atom stereocenters. The summed E-state index contributed by atoms with van der Waals surface area (Å²) in [6.07, 6.45) is 4.16. The highest BCUT2D eigenvalue weighted by molar-refractivity contribution is 5.11. The molecule has 0 saturated heterocycles. The van der Waals surface area contributed by atoms with Crippen LogP contribution in [0.25, 0.3) is 0 Å². The van der Waals surface area contributed by atoms with Crippen LogP contribution in [-0.2, 0) is 6.42 Å². The molecule has 0 saturated carbocycles. The van der Waals surface area contributed by atoms with Crippen molar-refractivity contribution in [3.8, 4) is 0 Å². The molecule has 3 heteroatoms. The molecule has 1 heterocycles. The van der Waals surface area contributed by atoms with Gasteiger partial charge < -0.3 is 10.4 Å². The molecule has 1 rings (SSSR count). The second kappa shape index (κ2) is 5.24. The number of nitrogens with zero attached hydrogens (tertiary/aromatic N) is 1. The fourth-order valence-corrected chi connectivity index (χ4v) is 1.43. The molecule has 15 heavy (non-hydrogen) atoms. The third-order valence-electron chi connectivity index (χ3n) is 2.20. The van der Waals surface area contributed by atoms with E-state index in [1.807, 2.05) is 19.1 Å². The van der Waals surface area contributed by atoms with Crippen molar-refractivity contribution in [1.82, 2.24) is 10.3 Å². The Bertz CT molecular complexity index is 283. The first kappa shape index (κ1) is 12.1. The van der Waals surface area contributed by atoms with Crippen molar-refractivity contribution in [3.05, 3.63) is 30.1 Å². The second-order valence-corrected chi connectivity index (χ2v) is 4.57. The van der Waals surface area contributed by atoms with Gasteiger partial charge in [-0.1, -0.05) is 19.9 Å². The Hall–Kier alpha value is -0.930. The highest BCUT2D eigenvalue weighted by Gasteiger charge is 2.20. The highest BCUT2D eigenvalue weighted by atomic mass is 16.3. The summed E-state index contributed by atoms with van der Waals surface area (Å²) in [4.78, 5) is 4.03. The molecule has 1 unspecified atom stereocenters. The maximum absolute atomic E-state index is 10.1. The molecule has 1 aromatic rings. The molecular weight excluding hydrogens is 188 g/mol. The molecule has 2 N–H and O–H groups in total. The van der Waals surface area contributed by atoms with Crippen molar-refractivity contribution in [2.75, 3.05) is 6.54 Å². The summed E-state index contributed by atoms with van der Waals surface area (Å²) >= 11 is 0. The van der Waals surface area contributed by atoms with Crippen molar-refractivity contribution in [2.45, 2.75) is 38.8 Å². The standard InChI is InChI=1S/C12H20N2O/c1-10(2)14-9-12(3,15)7-11-5-4-6-13-8-11/h4-6,8,10,14-15H,7,9H2,1-3H3. The Morgan fingerprint density at radius 2 is 2.27 bits per heavy atom. The smallest absolute Gasteiger partial charge is 0.0784 e. The Balaban J connectivity index is 2.49. The number of aromatic nitrogens is 1. The number of aliphatic hydroxyl groups is 1. The van der Waals surface area contributed by atoms with Crippen molar-refractivity contribution in [2.24, 2.45) is 0 Å². The first-order valence-electron chi connectivity index (χ1n) is 5.34. The highest BCUT2D eigenvalue weighted by Crippen LogP contribution is 2.11. The maximum atomic E-state index is 10.1. The molecule has 0 fully saturated rings. The van der Waals surface area contributed by atoms with Crippen LogP contribution in [0.2, 0.25) is 0 Å². The molecule has 3 nitrogen and oxygen atoms in total. The fraction of sp³-hybridized carbons (Fsp3) is 0.583. The number of hydrogen-bond donors (Lipinski definition) is 2. The van der Waals surface area contributed by atoms with Gasteiger partial charge in [-0.2, -0.15) is 0 Å². The topological polar surface area (TPSA) is 45.1 Å². The first-order chi connectivity index (χ1) is 6.99. The van der Waals surface area contributed by atoms with E-state index in [1.54, 1.807) is 12.4 Å². The zero-order chi connectivity index (χ0) is 11.3. The van der Waals surface area contributed by atoms with Gasteiger partial charge in [-0.15, -0.1) is 0 Å². The Morgan fingerprint density at radius 3 is 2.80 bits per heavy atom. The molecule has 0 radical (unpaired) electrons. The lowest BCUT2D eigenvalue weighted by Crippen LogP contribution is -2.42. The van der Waals surface area contributed by atoms with Crippen LogP contribution < -0.4 is 5.32 Å². The fourth-order valence-electron chi connectivity index (χ4n) is 1.43. The largest absolute Gasteiger partial charge is 0.389 e. The average molecular weight is 208 g/mol. The Morgan fingerprint density at radius 1 is 1.53 bits per heavy atom. The van der Waals surface area contributed by atoms with Crippen molar-refractivity contribution < 1.29 is 5.11 Å². The van der Waals surface area contributed by atoms with Gasteiger partial charge in [-0.05, 0) is 18.6 Å². The average Bonchev–Trinajstić information content (AvgIpc) is 2.16. The summed E-state index contributed by atoms with van der Waals surface area (Å²) in [5.41, 5.74) is 0.348. The predicted molar refractivity (Wildman–Crippen MR) is 61.7 cm³/mol. The van der Waals surface area contributed by atoms with E-state index in [4.69, 9.17) is 0 Å². The lowest BCUT2D eigenvalue weighted by Gasteiger charge is -2.25. The zero-order valence-corrected chi connectivity index (χ0v) is 9.70. The van der Waals surface area contributed by atoms with Gasteiger partial charge in [0.2, 0.25) is 0 Å². The Labute approximate surface area is 91.5 Å². The minimum Gasteiger partial charge on any atom is -0.389 e. The minimum atomic E-state index is -0.715. The van der Waals surface area contributed by atoms with E-state index in [2.05, 4.69) is 24.1 Å². The molecule has 0 aliphatic heterocycles. The van der Waals surface area contributed by atoms with Crippen LogP contribution in [0, 0.1) is 0 Å². The van der Waals surface area contributed by atoms with E-state index < -0.39 is 5.60 Å². The quantitative estimate of drug-likeness (QED) is 0.768. The van der Waals surface area contributed by atoms with E-state index in [1.165, 1.54) is 0 Å². The van der Waals surface area contributed by atoms with E-state index in [0.717, 1.165) is 5.56 Å². The number of hydrogen-bond acceptors (Lipinski definition) is 3. The van der Waals surface area contributed by atoms with Gasteiger partial charge in [0.05, 0.1) is 5.60 Å². The van der Waals surface area contributed by atoms with Gasteiger partial charge in [0.1, 0.15) is 0 Å². The lowest BCUT2D eigenvalue weighted by molar-refractivity contribution is 0.0581. The molecular formula is C12H20N2O. The minimum absolute atomic E-state index is 0.394. The monoisotopic (exact) mass is 208 g/mol. The Kier molecular flexibility index (Phi) is 4.24. The van der Waals surface area contributed by atoms with Crippen molar-refractivity contribution >= 4 is 0 Å². The molecule has 0 spiro atoms. The third kappa shape index (κ3) is 4.91. The molecule has 0 aliphatic rings. The summed E-state index contributed by atoms with van der Waals surface area (Å²) < 4.78 is 0. The van der Waals surface area contributed by atoms with Crippen LogP contribution in [-0.4, -0.2) is 28.3 Å². The van der Waals surface area contributed by atoms with Crippen LogP contribution >= 0.6 is 0 Å². The van der Waals surface area contributed by atoms with Crippen LogP contribution in [0.4, 0.5) is 0 Å². The SMILES string of the molecule is CC(C)NCC(C)(O)Cc1cccnc1. The molecule has 0 bridgehead atoms. The molecule has 0 aliphatic carbocycles. The van der Waals surface area contributed by atoms with Crippen LogP contribution in [0.15, 0.2) is 24.5 Å². The second-order valence-electron chi connectivity index (χ2n) is 4.57. The van der Waals surface area contributed by atoms with Crippen LogP contribution in [0.5, 0.6) is 0 Å². The predicted octanol–water partition coefficient (Wildman–Crippen LogP) is 1.37. The van der Waals surface area contributed by atoms with E-state index in [-0.39, 0.29) is 0 Å². The number of nitrogens with one attached hydrogen (secondary N) is 1. The summed E-state index contributed by atoms with van der Waals surface area (Å²) in [6, 6.07) is 4.27. The van der Waals surface area contributed by atoms with Crippen LogP contribution in [0.1, 0.15) is 26.3 Å². The maximum Gasteiger partial charge on any atom is 0.0784 e. The summed E-state index contributed by atoms with van der Waals surface area (Å²) in [6.45, 7) is 6.58. The summed E-state index contributed by atoms with van der Waals surface area (Å²) in [7, 11) is 0. The number of rotatable bonds is 5. The normalized spacial score (nSPS) is 15.3. The summed E-state index contributed by atoms with van der Waals surface area (Å²) in [5.74, 6) is 0. The van der Waals surface area contributed by atoms with Gasteiger partial charge in [-0.3, -0.25) is 4.98 Å². The van der Waals surface area contributed by atoms with E-state index >= 15 is 0 Å². The third-order valence-corrected chi connectivity index (χ3v) is 2.20. The summed E-state index contributed by atoms with van der Waals surface area (Å²) in [5, 5.41) is 13.4. The van der Waals surface area contributed by atoms with Gasteiger partial charge in [0.15, 0.2) is 0 Å². The number of pyridine rings is 1. The van der Waals surface area contributed by atoms with E-state index in [9.17, 15) is 5.11 Å². The zero-order valence-electron chi connectivity index (χ0n) is 9.70. The van der Waals surface area contributed by atoms with E-state index in [0.29, 0.717) is 19.0 Å². The van der Waals surface area contributed by atoms with Gasteiger partial charge >= 0.3 is 0 Å². The lowest BCUT2D eigenvalue weighted by atomic mass is 9.97.